The van der Waals surface area contributed by atoms with Crippen LogP contribution in [0, 0.1) is 0 Å². The molecule has 0 amide bonds. The highest BCUT2D eigenvalue weighted by molar-refractivity contribution is 5.05. The van der Waals surface area contributed by atoms with Crippen LogP contribution < -0.4 is 0 Å². The molecule has 152 valence electrons. The van der Waals surface area contributed by atoms with E-state index < -0.39 is 0 Å². The first kappa shape index (κ1) is 23.2. The molecule has 26 heavy (non-hydrogen) atoms. The first-order chi connectivity index (χ1) is 12.8. The molecule has 0 atom stereocenters. The second kappa shape index (κ2) is 15.2. The van der Waals surface area contributed by atoms with E-state index in [-0.39, 0.29) is 5.41 Å². The molecule has 0 spiro atoms. The van der Waals surface area contributed by atoms with Crippen molar-refractivity contribution in [2.45, 2.75) is 135 Å². The summed E-state index contributed by atoms with van der Waals surface area (Å²) in [4.78, 5) is 4.45. The largest absolute Gasteiger partial charge is 0.263 e. The number of nitrogens with one attached hydrogen (secondary N) is 1. The summed E-state index contributed by atoms with van der Waals surface area (Å²) in [5.74, 6) is 1.09. The van der Waals surface area contributed by atoms with Crippen molar-refractivity contribution >= 4 is 0 Å². The highest BCUT2D eigenvalue weighted by Gasteiger charge is 2.30. The summed E-state index contributed by atoms with van der Waals surface area (Å²) in [5.41, 5.74) is 0.216. The minimum absolute atomic E-state index is 0.216. The van der Waals surface area contributed by atoms with E-state index in [9.17, 15) is 0 Å². The summed E-state index contributed by atoms with van der Waals surface area (Å²) >= 11 is 0. The molecule has 0 bridgehead atoms. The minimum Gasteiger partial charge on any atom is -0.263 e. The van der Waals surface area contributed by atoms with Crippen molar-refractivity contribution in [3.63, 3.8) is 0 Å². The average molecular weight is 364 g/mol. The molecule has 0 aliphatic heterocycles. The van der Waals surface area contributed by atoms with Crippen LogP contribution in [0.5, 0.6) is 0 Å². The van der Waals surface area contributed by atoms with Crippen LogP contribution >= 0.6 is 0 Å². The van der Waals surface area contributed by atoms with Crippen molar-refractivity contribution in [1.29, 1.82) is 0 Å². The van der Waals surface area contributed by atoms with Crippen molar-refractivity contribution in [3.8, 4) is 0 Å². The van der Waals surface area contributed by atoms with Crippen molar-refractivity contribution < 1.29 is 0 Å². The third-order valence-corrected chi connectivity index (χ3v) is 6.28. The normalized spacial score (nSPS) is 12.0. The Morgan fingerprint density at radius 2 is 1.15 bits per heavy atom. The summed E-state index contributed by atoms with van der Waals surface area (Å²) in [7, 11) is 0. The summed E-state index contributed by atoms with van der Waals surface area (Å²) in [5, 5.41) is 7.18. The van der Waals surface area contributed by atoms with Crippen molar-refractivity contribution in [3.05, 3.63) is 12.2 Å². The number of rotatable bonds is 18. The maximum Gasteiger partial charge on any atom is 0.137 e. The first-order valence-electron chi connectivity index (χ1n) is 11.6. The number of unbranched alkanes of at least 4 members (excludes halogenated alkanes) is 13. The van der Waals surface area contributed by atoms with Crippen LogP contribution in [0.2, 0.25) is 0 Å². The van der Waals surface area contributed by atoms with E-state index in [2.05, 4.69) is 36.0 Å². The Bertz CT molecular complexity index is 396. The highest BCUT2D eigenvalue weighted by Crippen LogP contribution is 2.34. The lowest BCUT2D eigenvalue weighted by atomic mass is 9.77. The van der Waals surface area contributed by atoms with Gasteiger partial charge >= 0.3 is 0 Å². The maximum absolute atomic E-state index is 4.45. The van der Waals surface area contributed by atoms with Crippen LogP contribution in [0.4, 0.5) is 0 Å². The lowest BCUT2D eigenvalue weighted by Gasteiger charge is -2.29. The minimum atomic E-state index is 0.216. The first-order valence-corrected chi connectivity index (χ1v) is 11.6. The SMILES string of the molecule is CCCCCCCCCCCCCCCCC(CC)(CC)c1ncn[nH]1. The van der Waals surface area contributed by atoms with Gasteiger partial charge in [-0.1, -0.05) is 111 Å². The lowest BCUT2D eigenvalue weighted by Crippen LogP contribution is -2.26. The third-order valence-electron chi connectivity index (χ3n) is 6.28. The molecule has 0 aromatic carbocycles. The third kappa shape index (κ3) is 9.19. The van der Waals surface area contributed by atoms with Crippen LogP contribution in [-0.4, -0.2) is 15.2 Å². The lowest BCUT2D eigenvalue weighted by molar-refractivity contribution is 0.330. The van der Waals surface area contributed by atoms with Crippen molar-refractivity contribution in [1.82, 2.24) is 15.2 Å². The molecule has 0 radical (unpaired) electrons. The molecule has 0 aliphatic carbocycles. The molecule has 1 rings (SSSR count). The zero-order valence-corrected chi connectivity index (χ0v) is 18.0. The van der Waals surface area contributed by atoms with Gasteiger partial charge in [0.15, 0.2) is 0 Å². The van der Waals surface area contributed by atoms with E-state index in [1.54, 1.807) is 6.33 Å². The van der Waals surface area contributed by atoms with Crippen molar-refractivity contribution in [2.75, 3.05) is 0 Å². The van der Waals surface area contributed by atoms with Crippen LogP contribution in [0.15, 0.2) is 6.33 Å². The van der Waals surface area contributed by atoms with Crippen LogP contribution in [0.25, 0.3) is 0 Å². The topological polar surface area (TPSA) is 41.6 Å². The van der Waals surface area contributed by atoms with Gasteiger partial charge in [-0.05, 0) is 19.3 Å². The second-order valence-electron chi connectivity index (χ2n) is 8.17. The smallest absolute Gasteiger partial charge is 0.137 e. The van der Waals surface area contributed by atoms with E-state index >= 15 is 0 Å². The van der Waals surface area contributed by atoms with Gasteiger partial charge in [0.25, 0.3) is 0 Å². The molecular formula is C23H45N3. The Labute approximate surface area is 163 Å². The molecule has 0 fully saturated rings. The molecule has 3 heteroatoms. The fraction of sp³-hybridized carbons (Fsp3) is 0.913. The van der Waals surface area contributed by atoms with Gasteiger partial charge in [0, 0.05) is 5.41 Å². The molecule has 0 saturated carbocycles. The Morgan fingerprint density at radius 1 is 0.692 bits per heavy atom. The van der Waals surface area contributed by atoms with Crippen LogP contribution in [0.1, 0.15) is 136 Å². The van der Waals surface area contributed by atoms with Gasteiger partial charge in [-0.2, -0.15) is 5.10 Å². The summed E-state index contributed by atoms with van der Waals surface area (Å²) in [6.45, 7) is 6.87. The van der Waals surface area contributed by atoms with E-state index in [1.807, 2.05) is 0 Å². The summed E-state index contributed by atoms with van der Waals surface area (Å²) in [6, 6.07) is 0. The van der Waals surface area contributed by atoms with Crippen molar-refractivity contribution in [2.24, 2.45) is 0 Å². The molecule has 3 nitrogen and oxygen atoms in total. The molecule has 0 saturated heterocycles. The van der Waals surface area contributed by atoms with Crippen LogP contribution in [-0.2, 0) is 5.41 Å². The Morgan fingerprint density at radius 3 is 1.54 bits per heavy atom. The molecule has 0 unspecified atom stereocenters. The Hall–Kier alpha value is -0.860. The molecule has 1 heterocycles. The predicted molar refractivity (Wildman–Crippen MR) is 114 cm³/mol. The quantitative estimate of drug-likeness (QED) is 0.271. The van der Waals surface area contributed by atoms with Gasteiger partial charge in [-0.3, -0.25) is 5.10 Å². The van der Waals surface area contributed by atoms with E-state index in [0.29, 0.717) is 0 Å². The average Bonchev–Trinajstić information content (AvgIpc) is 3.21. The number of aromatic nitrogens is 3. The zero-order valence-electron chi connectivity index (χ0n) is 18.0. The number of H-pyrrole nitrogens is 1. The Kier molecular flexibility index (Phi) is 13.6. The predicted octanol–water partition coefficient (Wildman–Crippen LogP) is 7.73. The molecule has 1 N–H and O–H groups in total. The van der Waals surface area contributed by atoms with Gasteiger partial charge in [0.1, 0.15) is 12.2 Å². The maximum atomic E-state index is 4.45. The second-order valence-corrected chi connectivity index (χ2v) is 8.17. The molecule has 1 aromatic rings. The number of aromatic amines is 1. The van der Waals surface area contributed by atoms with E-state index in [0.717, 1.165) is 18.7 Å². The zero-order chi connectivity index (χ0) is 18.9. The molecule has 1 aromatic heterocycles. The van der Waals surface area contributed by atoms with Gasteiger partial charge in [-0.25, -0.2) is 4.98 Å². The number of hydrogen-bond donors (Lipinski definition) is 1. The van der Waals surface area contributed by atoms with Gasteiger partial charge < -0.3 is 0 Å². The van der Waals surface area contributed by atoms with Crippen LogP contribution in [0.3, 0.4) is 0 Å². The summed E-state index contributed by atoms with van der Waals surface area (Å²) < 4.78 is 0. The van der Waals surface area contributed by atoms with Gasteiger partial charge in [-0.15, -0.1) is 0 Å². The number of hydrogen-bond acceptors (Lipinski definition) is 2. The van der Waals surface area contributed by atoms with Gasteiger partial charge in [0.2, 0.25) is 0 Å². The van der Waals surface area contributed by atoms with Gasteiger partial charge in [0.05, 0.1) is 0 Å². The fourth-order valence-electron chi connectivity index (χ4n) is 4.18. The fourth-order valence-corrected chi connectivity index (χ4v) is 4.18. The highest BCUT2D eigenvalue weighted by atomic mass is 15.2. The number of nitrogens with zero attached hydrogens (tertiary/aromatic N) is 2. The molecular weight excluding hydrogens is 318 g/mol. The Balaban J connectivity index is 1.96. The van der Waals surface area contributed by atoms with E-state index in [1.165, 1.54) is 96.3 Å². The van der Waals surface area contributed by atoms with E-state index in [4.69, 9.17) is 0 Å². The molecule has 0 aliphatic rings. The monoisotopic (exact) mass is 363 g/mol. The summed E-state index contributed by atoms with van der Waals surface area (Å²) in [6.07, 6.45) is 25.1. The standard InChI is InChI=1S/C23H45N3/c1-4-7-8-9-10-11-12-13-14-15-16-17-18-19-20-23(5-2,6-3)22-24-21-25-26-22/h21H,4-20H2,1-3H3,(H,24,25,26).